The van der Waals surface area contributed by atoms with Crippen molar-refractivity contribution < 1.29 is 4.79 Å². The second-order valence-corrected chi connectivity index (χ2v) is 6.36. The van der Waals surface area contributed by atoms with Crippen molar-refractivity contribution >= 4 is 5.91 Å². The quantitative estimate of drug-likeness (QED) is 0.801. The van der Waals surface area contributed by atoms with Crippen LogP contribution in [0.25, 0.3) is 0 Å². The van der Waals surface area contributed by atoms with Gasteiger partial charge in [0.15, 0.2) is 0 Å². The normalized spacial score (nSPS) is 15.7. The van der Waals surface area contributed by atoms with Crippen LogP contribution in [0.4, 0.5) is 0 Å². The van der Waals surface area contributed by atoms with E-state index >= 15 is 0 Å². The molecule has 0 radical (unpaired) electrons. The average molecular weight is 277 g/mol. The molecule has 112 valence electrons. The summed E-state index contributed by atoms with van der Waals surface area (Å²) in [5.74, 6) is 1.75. The molecule has 0 atom stereocenters. The first kappa shape index (κ1) is 15.1. The van der Waals surface area contributed by atoms with E-state index in [1.165, 1.54) is 19.3 Å². The number of hydrogen-bond acceptors (Lipinski definition) is 2. The Morgan fingerprint density at radius 1 is 1.40 bits per heavy atom. The predicted octanol–water partition coefficient (Wildman–Crippen LogP) is 3.19. The van der Waals surface area contributed by atoms with E-state index < -0.39 is 0 Å². The van der Waals surface area contributed by atoms with E-state index in [2.05, 4.69) is 42.1 Å². The number of nitrogens with zero attached hydrogens (tertiary/aromatic N) is 3. The third-order valence-electron chi connectivity index (χ3n) is 4.14. The van der Waals surface area contributed by atoms with Crippen LogP contribution in [-0.2, 0) is 11.3 Å². The molecular formula is C16H27N3O. The van der Waals surface area contributed by atoms with E-state index in [4.69, 9.17) is 0 Å². The van der Waals surface area contributed by atoms with Crippen LogP contribution in [0.1, 0.15) is 65.1 Å². The Morgan fingerprint density at radius 2 is 2.10 bits per heavy atom. The maximum atomic E-state index is 12.5. The third-order valence-corrected chi connectivity index (χ3v) is 4.14. The molecule has 1 aliphatic rings. The second kappa shape index (κ2) is 6.42. The zero-order valence-corrected chi connectivity index (χ0v) is 13.2. The van der Waals surface area contributed by atoms with Gasteiger partial charge in [0.25, 0.3) is 0 Å². The highest BCUT2D eigenvalue weighted by molar-refractivity contribution is 5.76. The Balaban J connectivity index is 1.95. The predicted molar refractivity (Wildman–Crippen MR) is 80.6 cm³/mol. The molecule has 0 spiro atoms. The lowest BCUT2D eigenvalue weighted by molar-refractivity contribution is -0.137. The molecule has 20 heavy (non-hydrogen) atoms. The summed E-state index contributed by atoms with van der Waals surface area (Å²) in [6.07, 6.45) is 7.99. The van der Waals surface area contributed by atoms with Crippen molar-refractivity contribution in [1.29, 1.82) is 0 Å². The van der Waals surface area contributed by atoms with Gasteiger partial charge in [-0.2, -0.15) is 0 Å². The summed E-state index contributed by atoms with van der Waals surface area (Å²) in [6.45, 7) is 9.24. The van der Waals surface area contributed by atoms with Crippen molar-refractivity contribution in [2.45, 2.75) is 77.9 Å². The van der Waals surface area contributed by atoms with Gasteiger partial charge in [-0.25, -0.2) is 4.98 Å². The highest BCUT2D eigenvalue weighted by Gasteiger charge is 2.30. The zero-order chi connectivity index (χ0) is 14.7. The molecular weight excluding hydrogens is 250 g/mol. The minimum absolute atomic E-state index is 0.285. The molecule has 1 aromatic heterocycles. The molecule has 1 aromatic rings. The van der Waals surface area contributed by atoms with E-state index in [-0.39, 0.29) is 5.91 Å². The molecule has 1 aliphatic carbocycles. The van der Waals surface area contributed by atoms with Crippen LogP contribution >= 0.6 is 0 Å². The number of imidazole rings is 1. The van der Waals surface area contributed by atoms with Crippen LogP contribution in [0, 0.1) is 0 Å². The van der Waals surface area contributed by atoms with Gasteiger partial charge in [-0.05, 0) is 33.1 Å². The standard InChI is InChI=1S/C16H27N3O/c1-12(2)16-17-9-11-18(16)10-8-15(20)19(13(3)4)14-6-5-7-14/h9,11-14H,5-8,10H2,1-4H3. The Labute approximate surface area is 122 Å². The molecule has 1 heterocycles. The lowest BCUT2D eigenvalue weighted by atomic mass is 9.90. The van der Waals surface area contributed by atoms with Crippen LogP contribution in [0.2, 0.25) is 0 Å². The Hall–Kier alpha value is -1.32. The summed E-state index contributed by atoms with van der Waals surface area (Å²) >= 11 is 0. The molecule has 0 unspecified atom stereocenters. The van der Waals surface area contributed by atoms with Crippen molar-refractivity contribution in [3.63, 3.8) is 0 Å². The summed E-state index contributed by atoms with van der Waals surface area (Å²) < 4.78 is 2.11. The number of carbonyl (C=O) groups excluding carboxylic acids is 1. The SMILES string of the molecule is CC(C)c1nccn1CCC(=O)N(C(C)C)C1CCC1. The molecule has 0 saturated heterocycles. The van der Waals surface area contributed by atoms with E-state index in [0.29, 0.717) is 24.4 Å². The first-order valence-electron chi connectivity index (χ1n) is 7.83. The van der Waals surface area contributed by atoms with Gasteiger partial charge in [-0.3, -0.25) is 4.79 Å². The minimum Gasteiger partial charge on any atom is -0.337 e. The first-order valence-corrected chi connectivity index (χ1v) is 7.83. The Morgan fingerprint density at radius 3 is 2.60 bits per heavy atom. The van der Waals surface area contributed by atoms with Gasteiger partial charge in [-0.15, -0.1) is 0 Å². The third kappa shape index (κ3) is 3.22. The number of aromatic nitrogens is 2. The minimum atomic E-state index is 0.285. The molecule has 2 rings (SSSR count). The molecule has 0 aliphatic heterocycles. The summed E-state index contributed by atoms with van der Waals surface area (Å²) in [4.78, 5) is 19.0. The summed E-state index contributed by atoms with van der Waals surface area (Å²) in [5.41, 5.74) is 0. The molecule has 1 saturated carbocycles. The molecule has 4 heteroatoms. The van der Waals surface area contributed by atoms with Crippen molar-refractivity contribution in [2.24, 2.45) is 0 Å². The highest BCUT2D eigenvalue weighted by Crippen LogP contribution is 2.27. The average Bonchev–Trinajstić information content (AvgIpc) is 2.78. The van der Waals surface area contributed by atoms with Crippen molar-refractivity contribution in [3.05, 3.63) is 18.2 Å². The lowest BCUT2D eigenvalue weighted by Crippen LogP contribution is -2.48. The number of amides is 1. The van der Waals surface area contributed by atoms with Crippen LogP contribution < -0.4 is 0 Å². The fourth-order valence-electron chi connectivity index (χ4n) is 2.93. The Kier molecular flexibility index (Phi) is 4.84. The maximum Gasteiger partial charge on any atom is 0.224 e. The van der Waals surface area contributed by atoms with Gasteiger partial charge in [-0.1, -0.05) is 13.8 Å². The number of aryl methyl sites for hydroxylation is 1. The van der Waals surface area contributed by atoms with E-state index in [1.807, 2.05) is 12.4 Å². The summed E-state index contributed by atoms with van der Waals surface area (Å²) in [7, 11) is 0. The number of rotatable bonds is 6. The van der Waals surface area contributed by atoms with Crippen LogP contribution in [0.15, 0.2) is 12.4 Å². The van der Waals surface area contributed by atoms with Gasteiger partial charge < -0.3 is 9.47 Å². The van der Waals surface area contributed by atoms with Gasteiger partial charge in [0.2, 0.25) is 5.91 Å². The van der Waals surface area contributed by atoms with E-state index in [0.717, 1.165) is 12.4 Å². The second-order valence-electron chi connectivity index (χ2n) is 6.36. The smallest absolute Gasteiger partial charge is 0.224 e. The molecule has 0 bridgehead atoms. The molecule has 0 aromatic carbocycles. The Bertz CT molecular complexity index is 446. The number of hydrogen-bond donors (Lipinski definition) is 0. The van der Waals surface area contributed by atoms with Crippen LogP contribution in [0.5, 0.6) is 0 Å². The summed E-state index contributed by atoms with van der Waals surface area (Å²) in [6, 6.07) is 0.787. The highest BCUT2D eigenvalue weighted by atomic mass is 16.2. The zero-order valence-electron chi connectivity index (χ0n) is 13.2. The monoisotopic (exact) mass is 277 g/mol. The molecule has 1 amide bonds. The van der Waals surface area contributed by atoms with Gasteiger partial charge >= 0.3 is 0 Å². The number of carbonyl (C=O) groups is 1. The molecule has 4 nitrogen and oxygen atoms in total. The van der Waals surface area contributed by atoms with Gasteiger partial charge in [0, 0.05) is 43.4 Å². The fourth-order valence-corrected chi connectivity index (χ4v) is 2.93. The van der Waals surface area contributed by atoms with E-state index in [9.17, 15) is 4.79 Å². The van der Waals surface area contributed by atoms with Crippen molar-refractivity contribution in [2.75, 3.05) is 0 Å². The molecule has 0 N–H and O–H groups in total. The van der Waals surface area contributed by atoms with E-state index in [1.54, 1.807) is 0 Å². The maximum absolute atomic E-state index is 12.5. The lowest BCUT2D eigenvalue weighted by Gasteiger charge is -2.40. The van der Waals surface area contributed by atoms with Gasteiger partial charge in [0.1, 0.15) is 5.82 Å². The van der Waals surface area contributed by atoms with Gasteiger partial charge in [0.05, 0.1) is 0 Å². The van der Waals surface area contributed by atoms with Crippen molar-refractivity contribution in [3.8, 4) is 0 Å². The topological polar surface area (TPSA) is 38.1 Å². The molecule has 1 fully saturated rings. The first-order chi connectivity index (χ1) is 9.50. The largest absolute Gasteiger partial charge is 0.337 e. The fraction of sp³-hybridized carbons (Fsp3) is 0.750. The van der Waals surface area contributed by atoms with Crippen molar-refractivity contribution in [1.82, 2.24) is 14.5 Å². The summed E-state index contributed by atoms with van der Waals surface area (Å²) in [5, 5.41) is 0. The van der Waals surface area contributed by atoms with Crippen LogP contribution in [0.3, 0.4) is 0 Å². The van der Waals surface area contributed by atoms with Crippen LogP contribution in [-0.4, -0.2) is 32.4 Å².